The van der Waals surface area contributed by atoms with Gasteiger partial charge >= 0.3 is 0 Å². The number of rotatable bonds is 5. The van der Waals surface area contributed by atoms with Gasteiger partial charge in [0.15, 0.2) is 0 Å². The third-order valence-electron chi connectivity index (χ3n) is 2.29. The van der Waals surface area contributed by atoms with Gasteiger partial charge in [-0.25, -0.2) is 0 Å². The second kappa shape index (κ2) is 5.16. The number of nitrogens with one attached hydrogen (secondary N) is 1. The normalized spacial score (nSPS) is 10.1. The van der Waals surface area contributed by atoms with E-state index in [0.29, 0.717) is 6.54 Å². The van der Waals surface area contributed by atoms with Crippen LogP contribution in [0.4, 0.5) is 5.69 Å². The number of hydrogen-bond donors (Lipinski definition) is 2. The average molecular weight is 230 g/mol. The van der Waals surface area contributed by atoms with Crippen LogP contribution >= 0.6 is 0 Å². The van der Waals surface area contributed by atoms with Gasteiger partial charge < -0.3 is 11.1 Å². The third kappa shape index (κ3) is 3.34. The molecule has 0 fully saturated rings. The predicted octanol–water partition coefficient (Wildman–Crippen LogP) is 0.829. The highest BCUT2D eigenvalue weighted by molar-refractivity contribution is 5.78. The Morgan fingerprint density at radius 3 is 2.82 bits per heavy atom. The van der Waals surface area contributed by atoms with Crippen molar-refractivity contribution in [1.82, 2.24) is 9.78 Å². The van der Waals surface area contributed by atoms with Crippen LogP contribution < -0.4 is 11.1 Å². The molecule has 0 spiro atoms. The number of aromatic nitrogens is 2. The first-order chi connectivity index (χ1) is 8.24. The number of nitrogens with zero attached hydrogens (tertiary/aromatic N) is 2. The molecule has 2 aromatic rings. The van der Waals surface area contributed by atoms with Crippen molar-refractivity contribution in [2.24, 2.45) is 5.73 Å². The summed E-state index contributed by atoms with van der Waals surface area (Å²) in [6.07, 6.45) is 3.52. The van der Waals surface area contributed by atoms with Crippen LogP contribution in [-0.2, 0) is 11.3 Å². The van der Waals surface area contributed by atoms with Gasteiger partial charge in [0, 0.05) is 6.20 Å². The number of nitrogens with two attached hydrogens (primary N) is 1. The molecule has 1 heterocycles. The van der Waals surface area contributed by atoms with Crippen LogP contribution in [0.15, 0.2) is 42.7 Å². The van der Waals surface area contributed by atoms with E-state index in [4.69, 9.17) is 5.73 Å². The number of carbonyl (C=O) groups is 1. The van der Waals surface area contributed by atoms with Gasteiger partial charge in [-0.05, 0) is 5.56 Å². The van der Waals surface area contributed by atoms with Crippen molar-refractivity contribution in [2.45, 2.75) is 6.54 Å². The van der Waals surface area contributed by atoms with Crippen LogP contribution in [0, 0.1) is 0 Å². The summed E-state index contributed by atoms with van der Waals surface area (Å²) in [6, 6.07) is 10.0. The van der Waals surface area contributed by atoms with Crippen molar-refractivity contribution in [2.75, 3.05) is 11.9 Å². The molecule has 88 valence electrons. The van der Waals surface area contributed by atoms with Gasteiger partial charge in [-0.15, -0.1) is 0 Å². The molecule has 5 nitrogen and oxygen atoms in total. The fourth-order valence-electron chi connectivity index (χ4n) is 1.50. The summed E-state index contributed by atoms with van der Waals surface area (Å²) in [5, 5.41) is 7.08. The maximum absolute atomic E-state index is 10.6. The van der Waals surface area contributed by atoms with Crippen LogP contribution in [0.2, 0.25) is 0 Å². The van der Waals surface area contributed by atoms with E-state index in [1.807, 2.05) is 36.5 Å². The Morgan fingerprint density at radius 1 is 1.35 bits per heavy atom. The number of primary amides is 1. The van der Waals surface area contributed by atoms with Gasteiger partial charge in [0.05, 0.1) is 25.0 Å². The van der Waals surface area contributed by atoms with Gasteiger partial charge in [-0.3, -0.25) is 9.48 Å². The minimum Gasteiger partial charge on any atom is -0.374 e. The largest absolute Gasteiger partial charge is 0.374 e. The molecule has 0 bridgehead atoms. The molecule has 0 saturated heterocycles. The van der Waals surface area contributed by atoms with E-state index in [-0.39, 0.29) is 12.5 Å². The zero-order chi connectivity index (χ0) is 12.1. The molecule has 0 saturated carbocycles. The quantitative estimate of drug-likeness (QED) is 0.799. The topological polar surface area (TPSA) is 72.9 Å². The Kier molecular flexibility index (Phi) is 3.40. The first-order valence-electron chi connectivity index (χ1n) is 5.32. The Morgan fingerprint density at radius 2 is 2.12 bits per heavy atom. The van der Waals surface area contributed by atoms with E-state index in [2.05, 4.69) is 10.4 Å². The molecule has 0 aliphatic carbocycles. The molecule has 0 aliphatic rings. The Balaban J connectivity index is 1.97. The van der Waals surface area contributed by atoms with Crippen molar-refractivity contribution in [1.29, 1.82) is 0 Å². The molecular formula is C12H14N4O. The highest BCUT2D eigenvalue weighted by Gasteiger charge is 2.00. The zero-order valence-electron chi connectivity index (χ0n) is 9.34. The fourth-order valence-corrected chi connectivity index (χ4v) is 1.50. The summed E-state index contributed by atoms with van der Waals surface area (Å²) < 4.78 is 1.80. The number of amides is 1. The molecule has 1 amide bonds. The molecule has 5 heteroatoms. The summed E-state index contributed by atoms with van der Waals surface area (Å²) in [5.74, 6) is -0.388. The zero-order valence-corrected chi connectivity index (χ0v) is 9.34. The third-order valence-corrected chi connectivity index (χ3v) is 2.29. The van der Waals surface area contributed by atoms with E-state index < -0.39 is 0 Å². The molecule has 0 aliphatic heterocycles. The van der Waals surface area contributed by atoms with Crippen LogP contribution in [0.25, 0.3) is 0 Å². The van der Waals surface area contributed by atoms with Crippen molar-refractivity contribution in [3.05, 3.63) is 48.3 Å². The predicted molar refractivity (Wildman–Crippen MR) is 65.5 cm³/mol. The van der Waals surface area contributed by atoms with Crippen molar-refractivity contribution in [3.8, 4) is 0 Å². The average Bonchev–Trinajstić information content (AvgIpc) is 2.75. The van der Waals surface area contributed by atoms with Gasteiger partial charge in [0.25, 0.3) is 0 Å². The minimum absolute atomic E-state index is 0.122. The number of carbonyl (C=O) groups excluding carboxylic acids is 1. The second-order valence-electron chi connectivity index (χ2n) is 3.73. The molecule has 0 unspecified atom stereocenters. The Bertz CT molecular complexity index is 492. The number of anilines is 1. The summed E-state index contributed by atoms with van der Waals surface area (Å²) in [6.45, 7) is 0.829. The molecule has 3 N–H and O–H groups in total. The summed E-state index contributed by atoms with van der Waals surface area (Å²) >= 11 is 0. The Labute approximate surface area is 99.2 Å². The van der Waals surface area contributed by atoms with Crippen LogP contribution in [0.3, 0.4) is 0 Å². The summed E-state index contributed by atoms with van der Waals surface area (Å²) in [5.41, 5.74) is 7.01. The van der Waals surface area contributed by atoms with E-state index in [0.717, 1.165) is 5.69 Å². The lowest BCUT2D eigenvalue weighted by Gasteiger charge is -2.01. The SMILES string of the molecule is NC(=O)CNc1cnn(Cc2ccccc2)c1. The number of hydrogen-bond acceptors (Lipinski definition) is 3. The molecule has 0 radical (unpaired) electrons. The van der Waals surface area contributed by atoms with E-state index in [9.17, 15) is 4.79 Å². The van der Waals surface area contributed by atoms with Crippen LogP contribution in [-0.4, -0.2) is 22.2 Å². The molecule has 17 heavy (non-hydrogen) atoms. The second-order valence-corrected chi connectivity index (χ2v) is 3.73. The van der Waals surface area contributed by atoms with E-state index in [1.165, 1.54) is 5.56 Å². The lowest BCUT2D eigenvalue weighted by molar-refractivity contribution is -0.116. The monoisotopic (exact) mass is 230 g/mol. The maximum Gasteiger partial charge on any atom is 0.236 e. The standard InChI is InChI=1S/C12H14N4O/c13-12(17)7-14-11-6-15-16(9-11)8-10-4-2-1-3-5-10/h1-6,9,14H,7-8H2,(H2,13,17). The first-order valence-corrected chi connectivity index (χ1v) is 5.32. The van der Waals surface area contributed by atoms with Gasteiger partial charge in [-0.1, -0.05) is 30.3 Å². The molecule has 1 aromatic heterocycles. The van der Waals surface area contributed by atoms with Crippen molar-refractivity contribution >= 4 is 11.6 Å². The lowest BCUT2D eigenvalue weighted by atomic mass is 10.2. The van der Waals surface area contributed by atoms with Gasteiger partial charge in [-0.2, -0.15) is 5.10 Å². The van der Waals surface area contributed by atoms with Crippen molar-refractivity contribution < 1.29 is 4.79 Å². The highest BCUT2D eigenvalue weighted by atomic mass is 16.1. The smallest absolute Gasteiger partial charge is 0.236 e. The fraction of sp³-hybridized carbons (Fsp3) is 0.167. The minimum atomic E-state index is -0.388. The van der Waals surface area contributed by atoms with Crippen LogP contribution in [0.5, 0.6) is 0 Å². The van der Waals surface area contributed by atoms with Gasteiger partial charge in [0.2, 0.25) is 5.91 Å². The Hall–Kier alpha value is -2.30. The molecular weight excluding hydrogens is 216 g/mol. The van der Waals surface area contributed by atoms with E-state index >= 15 is 0 Å². The molecule has 2 rings (SSSR count). The first kappa shape index (κ1) is 11.2. The van der Waals surface area contributed by atoms with Crippen LogP contribution in [0.1, 0.15) is 5.56 Å². The van der Waals surface area contributed by atoms with E-state index in [1.54, 1.807) is 10.9 Å². The summed E-state index contributed by atoms with van der Waals surface area (Å²) in [4.78, 5) is 10.6. The molecule has 1 aromatic carbocycles. The summed E-state index contributed by atoms with van der Waals surface area (Å²) in [7, 11) is 0. The number of benzene rings is 1. The van der Waals surface area contributed by atoms with Gasteiger partial charge in [0.1, 0.15) is 0 Å². The maximum atomic E-state index is 10.6. The lowest BCUT2D eigenvalue weighted by Crippen LogP contribution is -2.21. The highest BCUT2D eigenvalue weighted by Crippen LogP contribution is 2.07. The van der Waals surface area contributed by atoms with Crippen molar-refractivity contribution in [3.63, 3.8) is 0 Å². The molecule has 0 atom stereocenters.